The Balaban J connectivity index is 2.59. The van der Waals surface area contributed by atoms with Gasteiger partial charge < -0.3 is 15.6 Å². The Morgan fingerprint density at radius 2 is 2.36 bits per heavy atom. The number of nitrogens with two attached hydrogens (primary N) is 1. The third-order valence-electron chi connectivity index (χ3n) is 2.34. The van der Waals surface area contributed by atoms with Gasteiger partial charge >= 0.3 is 5.97 Å². The van der Waals surface area contributed by atoms with E-state index in [4.69, 9.17) is 15.6 Å². The third kappa shape index (κ3) is 1.19. The Bertz CT molecular complexity index is 401. The molecule has 0 aromatic heterocycles. The number of aromatic carboxylic acids is 1. The molecule has 0 fully saturated rings. The second-order valence-electron chi connectivity index (χ2n) is 3.45. The summed E-state index contributed by atoms with van der Waals surface area (Å²) in [6.45, 7) is 1.89. The Morgan fingerprint density at radius 3 is 3.00 bits per heavy atom. The maximum absolute atomic E-state index is 10.9. The summed E-state index contributed by atoms with van der Waals surface area (Å²) < 4.78 is 5.42. The van der Waals surface area contributed by atoms with E-state index in [1.165, 1.54) is 6.07 Å². The van der Waals surface area contributed by atoms with Crippen LogP contribution in [0.3, 0.4) is 0 Å². The van der Waals surface area contributed by atoms with Crippen molar-refractivity contribution in [2.75, 3.05) is 5.73 Å². The van der Waals surface area contributed by atoms with Crippen LogP contribution in [-0.2, 0) is 6.42 Å². The van der Waals surface area contributed by atoms with Crippen LogP contribution in [0.5, 0.6) is 5.75 Å². The van der Waals surface area contributed by atoms with Crippen molar-refractivity contribution in [1.82, 2.24) is 0 Å². The molecule has 0 amide bonds. The summed E-state index contributed by atoms with van der Waals surface area (Å²) >= 11 is 0. The van der Waals surface area contributed by atoms with Crippen molar-refractivity contribution in [2.24, 2.45) is 0 Å². The Hall–Kier alpha value is -1.71. The quantitative estimate of drug-likeness (QED) is 0.659. The minimum atomic E-state index is -0.977. The summed E-state index contributed by atoms with van der Waals surface area (Å²) in [7, 11) is 0. The van der Waals surface area contributed by atoms with Crippen molar-refractivity contribution in [3.63, 3.8) is 0 Å². The van der Waals surface area contributed by atoms with Gasteiger partial charge in [-0.15, -0.1) is 0 Å². The number of benzene rings is 1. The lowest BCUT2D eigenvalue weighted by atomic mass is 10.0. The topological polar surface area (TPSA) is 72.6 Å². The Morgan fingerprint density at radius 1 is 1.64 bits per heavy atom. The lowest BCUT2D eigenvalue weighted by Gasteiger charge is -2.06. The van der Waals surface area contributed by atoms with Gasteiger partial charge in [-0.1, -0.05) is 0 Å². The molecule has 1 aromatic rings. The zero-order valence-electron chi connectivity index (χ0n) is 7.78. The smallest absolute Gasteiger partial charge is 0.339 e. The molecule has 0 aliphatic carbocycles. The fraction of sp³-hybridized carbons (Fsp3) is 0.300. The largest absolute Gasteiger partial charge is 0.489 e. The second kappa shape index (κ2) is 2.90. The predicted molar refractivity (Wildman–Crippen MR) is 51.6 cm³/mol. The van der Waals surface area contributed by atoms with Crippen molar-refractivity contribution in [3.05, 3.63) is 23.3 Å². The molecule has 1 heterocycles. The predicted octanol–water partition coefficient (Wildman–Crippen LogP) is 1.29. The SMILES string of the molecule is CC1Cc2c(N)ccc(C(=O)O)c2O1. The van der Waals surface area contributed by atoms with Gasteiger partial charge in [0.2, 0.25) is 0 Å². The van der Waals surface area contributed by atoms with Crippen LogP contribution in [0, 0.1) is 0 Å². The highest BCUT2D eigenvalue weighted by Gasteiger charge is 2.26. The fourth-order valence-corrected chi connectivity index (χ4v) is 1.69. The van der Waals surface area contributed by atoms with Crippen molar-refractivity contribution >= 4 is 11.7 Å². The van der Waals surface area contributed by atoms with Crippen LogP contribution in [0.1, 0.15) is 22.8 Å². The maximum Gasteiger partial charge on any atom is 0.339 e. The molecule has 4 nitrogen and oxygen atoms in total. The van der Waals surface area contributed by atoms with Crippen LogP contribution in [0.4, 0.5) is 5.69 Å². The van der Waals surface area contributed by atoms with Gasteiger partial charge in [0, 0.05) is 17.7 Å². The van der Waals surface area contributed by atoms with E-state index in [0.717, 1.165) is 5.56 Å². The number of nitrogen functional groups attached to an aromatic ring is 1. The molecule has 0 saturated carbocycles. The minimum absolute atomic E-state index is 0.00722. The highest BCUT2D eigenvalue weighted by molar-refractivity contribution is 5.92. The number of ether oxygens (including phenoxy) is 1. The molecule has 1 aromatic carbocycles. The molecule has 1 aliphatic rings. The first-order valence-electron chi connectivity index (χ1n) is 4.41. The van der Waals surface area contributed by atoms with Gasteiger partial charge in [0.05, 0.1) is 0 Å². The second-order valence-corrected chi connectivity index (χ2v) is 3.45. The van der Waals surface area contributed by atoms with Gasteiger partial charge in [-0.25, -0.2) is 4.79 Å². The first-order valence-corrected chi connectivity index (χ1v) is 4.41. The van der Waals surface area contributed by atoms with E-state index in [1.54, 1.807) is 6.07 Å². The van der Waals surface area contributed by atoms with Gasteiger partial charge in [-0.3, -0.25) is 0 Å². The summed E-state index contributed by atoms with van der Waals surface area (Å²) in [6.07, 6.45) is 0.690. The van der Waals surface area contributed by atoms with Crippen LogP contribution in [0.2, 0.25) is 0 Å². The first kappa shape index (κ1) is 8.87. The third-order valence-corrected chi connectivity index (χ3v) is 2.34. The van der Waals surface area contributed by atoms with E-state index >= 15 is 0 Å². The molecular formula is C10H11NO3. The van der Waals surface area contributed by atoms with Gasteiger partial charge in [0.15, 0.2) is 0 Å². The van der Waals surface area contributed by atoms with Crippen LogP contribution in [-0.4, -0.2) is 17.2 Å². The van der Waals surface area contributed by atoms with Gasteiger partial charge in [-0.2, -0.15) is 0 Å². The highest BCUT2D eigenvalue weighted by atomic mass is 16.5. The standard InChI is InChI=1S/C10H11NO3/c1-5-4-7-8(11)3-2-6(10(12)13)9(7)14-5/h2-3,5H,4,11H2,1H3,(H,12,13). The van der Waals surface area contributed by atoms with E-state index in [2.05, 4.69) is 0 Å². The van der Waals surface area contributed by atoms with E-state index in [0.29, 0.717) is 17.9 Å². The summed E-state index contributed by atoms with van der Waals surface area (Å²) in [6, 6.07) is 3.10. The number of carboxylic acids is 1. The molecule has 0 bridgehead atoms. The molecule has 1 aliphatic heterocycles. The van der Waals surface area contributed by atoms with Gasteiger partial charge in [-0.05, 0) is 19.1 Å². The minimum Gasteiger partial charge on any atom is -0.489 e. The first-order chi connectivity index (χ1) is 6.59. The molecule has 74 valence electrons. The van der Waals surface area contributed by atoms with Crippen LogP contribution in [0.15, 0.2) is 12.1 Å². The molecule has 14 heavy (non-hydrogen) atoms. The molecule has 0 saturated heterocycles. The number of carboxylic acid groups (broad SMARTS) is 1. The van der Waals surface area contributed by atoms with Crippen molar-refractivity contribution in [1.29, 1.82) is 0 Å². The van der Waals surface area contributed by atoms with Crippen LogP contribution >= 0.6 is 0 Å². The average Bonchev–Trinajstić information content (AvgIpc) is 2.47. The van der Waals surface area contributed by atoms with Crippen LogP contribution in [0.25, 0.3) is 0 Å². The van der Waals surface area contributed by atoms with E-state index in [1.807, 2.05) is 6.92 Å². The number of hydrogen-bond acceptors (Lipinski definition) is 3. The highest BCUT2D eigenvalue weighted by Crippen LogP contribution is 2.36. The maximum atomic E-state index is 10.9. The molecule has 1 atom stereocenters. The van der Waals surface area contributed by atoms with Gasteiger partial charge in [0.25, 0.3) is 0 Å². The molecule has 2 rings (SSSR count). The monoisotopic (exact) mass is 193 g/mol. The van der Waals surface area contributed by atoms with E-state index < -0.39 is 5.97 Å². The molecule has 4 heteroatoms. The molecular weight excluding hydrogens is 182 g/mol. The molecule has 1 unspecified atom stereocenters. The van der Waals surface area contributed by atoms with E-state index in [-0.39, 0.29) is 11.7 Å². The zero-order chi connectivity index (χ0) is 10.3. The summed E-state index contributed by atoms with van der Waals surface area (Å²) in [4.78, 5) is 10.9. The average molecular weight is 193 g/mol. The Kier molecular flexibility index (Phi) is 1.84. The molecule has 3 N–H and O–H groups in total. The number of carbonyl (C=O) groups is 1. The fourth-order valence-electron chi connectivity index (χ4n) is 1.69. The molecule has 0 spiro atoms. The number of anilines is 1. The summed E-state index contributed by atoms with van der Waals surface area (Å²) in [5, 5.41) is 8.91. The lowest BCUT2D eigenvalue weighted by molar-refractivity contribution is 0.0692. The summed E-state index contributed by atoms with van der Waals surface area (Å²) in [5.41, 5.74) is 7.35. The Labute approximate surface area is 81.3 Å². The van der Waals surface area contributed by atoms with Crippen molar-refractivity contribution < 1.29 is 14.6 Å². The van der Waals surface area contributed by atoms with Crippen LogP contribution < -0.4 is 10.5 Å². The number of rotatable bonds is 1. The normalized spacial score (nSPS) is 18.8. The van der Waals surface area contributed by atoms with Gasteiger partial charge in [0.1, 0.15) is 17.4 Å². The summed E-state index contributed by atoms with van der Waals surface area (Å²) in [5.74, 6) is -0.541. The van der Waals surface area contributed by atoms with Crippen molar-refractivity contribution in [2.45, 2.75) is 19.4 Å². The zero-order valence-corrected chi connectivity index (χ0v) is 7.78. The van der Waals surface area contributed by atoms with E-state index in [9.17, 15) is 4.79 Å². The number of fused-ring (bicyclic) bond motifs is 1. The molecule has 0 radical (unpaired) electrons. The lowest BCUT2D eigenvalue weighted by Crippen LogP contribution is -2.07. The van der Waals surface area contributed by atoms with Crippen molar-refractivity contribution in [3.8, 4) is 5.75 Å². The number of hydrogen-bond donors (Lipinski definition) is 2.